The van der Waals surface area contributed by atoms with Gasteiger partial charge in [-0.15, -0.1) is 0 Å². The minimum absolute atomic E-state index is 0.0242. The zero-order valence-electron chi connectivity index (χ0n) is 12.8. The summed E-state index contributed by atoms with van der Waals surface area (Å²) < 4.78 is 21.7. The molecule has 0 spiro atoms. The van der Waals surface area contributed by atoms with Crippen LogP contribution >= 0.6 is 0 Å². The summed E-state index contributed by atoms with van der Waals surface area (Å²) in [6.07, 6.45) is 0. The molecule has 0 amide bonds. The Bertz CT molecular complexity index is 570. The number of rotatable bonds is 10. The fourth-order valence-electron chi connectivity index (χ4n) is 2.12. The molecule has 5 heteroatoms. The van der Waals surface area contributed by atoms with Crippen LogP contribution in [0.25, 0.3) is 10.8 Å². The topological polar surface area (TPSA) is 57.2 Å². The van der Waals surface area contributed by atoms with Crippen LogP contribution in [0.1, 0.15) is 0 Å². The van der Waals surface area contributed by atoms with Crippen molar-refractivity contribution in [3.63, 3.8) is 0 Å². The first kappa shape index (κ1) is 16.5. The molecule has 0 fully saturated rings. The molecule has 0 aliphatic rings. The van der Waals surface area contributed by atoms with Gasteiger partial charge in [-0.05, 0) is 12.1 Å². The Morgan fingerprint density at radius 2 is 1.36 bits per heavy atom. The van der Waals surface area contributed by atoms with Crippen molar-refractivity contribution >= 4 is 10.8 Å². The average molecular weight is 306 g/mol. The summed E-state index contributed by atoms with van der Waals surface area (Å²) in [5.74, 6) is 1.61. The molecule has 0 aliphatic heterocycles. The number of fused-ring (bicyclic) bond motifs is 1. The lowest BCUT2D eigenvalue weighted by molar-refractivity contribution is 0.0708. The Morgan fingerprint density at radius 1 is 0.773 bits per heavy atom. The minimum atomic E-state index is 0.0242. The van der Waals surface area contributed by atoms with Gasteiger partial charge >= 0.3 is 0 Å². The van der Waals surface area contributed by atoms with Gasteiger partial charge in [-0.3, -0.25) is 0 Å². The maximum absolute atomic E-state index is 8.65. The van der Waals surface area contributed by atoms with Crippen molar-refractivity contribution in [2.75, 3.05) is 46.8 Å². The van der Waals surface area contributed by atoms with Crippen LogP contribution in [0, 0.1) is 0 Å². The van der Waals surface area contributed by atoms with Crippen molar-refractivity contribution in [1.29, 1.82) is 0 Å². The zero-order valence-corrected chi connectivity index (χ0v) is 12.8. The quantitative estimate of drug-likeness (QED) is 0.682. The number of aliphatic hydroxyl groups is 1. The van der Waals surface area contributed by atoms with E-state index in [0.717, 1.165) is 22.3 Å². The first-order chi connectivity index (χ1) is 10.9. The molecule has 0 atom stereocenters. The van der Waals surface area contributed by atoms with Gasteiger partial charge in [-0.2, -0.15) is 0 Å². The second-order valence-corrected chi connectivity index (χ2v) is 4.63. The monoisotopic (exact) mass is 306 g/mol. The lowest BCUT2D eigenvalue weighted by Gasteiger charge is -2.12. The number of aliphatic hydroxyl groups excluding tert-OH is 1. The molecule has 0 aliphatic carbocycles. The average Bonchev–Trinajstić information content (AvgIpc) is 2.55. The molecule has 0 saturated heterocycles. The van der Waals surface area contributed by atoms with Gasteiger partial charge < -0.3 is 24.1 Å². The second-order valence-electron chi connectivity index (χ2n) is 4.63. The Labute approximate surface area is 130 Å². The summed E-state index contributed by atoms with van der Waals surface area (Å²) in [5.41, 5.74) is 0. The highest BCUT2D eigenvalue weighted by Crippen LogP contribution is 2.32. The number of hydrogen-bond donors (Lipinski definition) is 1. The lowest BCUT2D eigenvalue weighted by Crippen LogP contribution is -2.09. The number of methoxy groups -OCH3 is 1. The first-order valence-electron chi connectivity index (χ1n) is 7.31. The van der Waals surface area contributed by atoms with Crippen LogP contribution in [0.4, 0.5) is 0 Å². The van der Waals surface area contributed by atoms with Crippen LogP contribution in [0.2, 0.25) is 0 Å². The molecule has 0 bridgehead atoms. The van der Waals surface area contributed by atoms with E-state index in [2.05, 4.69) is 0 Å². The van der Waals surface area contributed by atoms with Crippen molar-refractivity contribution < 1.29 is 24.1 Å². The molecular weight excluding hydrogens is 284 g/mol. The zero-order chi connectivity index (χ0) is 15.6. The van der Waals surface area contributed by atoms with E-state index in [9.17, 15) is 0 Å². The molecule has 0 heterocycles. The molecule has 0 unspecified atom stereocenters. The van der Waals surface area contributed by atoms with E-state index in [1.165, 1.54) is 0 Å². The van der Waals surface area contributed by atoms with Gasteiger partial charge in [0, 0.05) is 17.9 Å². The van der Waals surface area contributed by atoms with E-state index in [-0.39, 0.29) is 6.61 Å². The van der Waals surface area contributed by atoms with Gasteiger partial charge in [0.05, 0.1) is 26.4 Å². The summed E-state index contributed by atoms with van der Waals surface area (Å²) in [4.78, 5) is 0. The van der Waals surface area contributed by atoms with Gasteiger partial charge in [-0.1, -0.05) is 24.3 Å². The molecule has 2 rings (SSSR count). The highest BCUT2D eigenvalue weighted by atomic mass is 16.5. The Morgan fingerprint density at radius 3 is 1.91 bits per heavy atom. The highest BCUT2D eigenvalue weighted by molar-refractivity contribution is 5.93. The third-order valence-electron chi connectivity index (χ3n) is 3.11. The van der Waals surface area contributed by atoms with Crippen molar-refractivity contribution in [2.24, 2.45) is 0 Å². The molecule has 2 aromatic carbocycles. The Hall–Kier alpha value is -1.82. The van der Waals surface area contributed by atoms with Gasteiger partial charge in [0.2, 0.25) is 0 Å². The number of hydrogen-bond acceptors (Lipinski definition) is 5. The Balaban J connectivity index is 2.06. The minimum Gasteiger partial charge on any atom is -0.491 e. The largest absolute Gasteiger partial charge is 0.491 e. The van der Waals surface area contributed by atoms with Gasteiger partial charge in [-0.25, -0.2) is 0 Å². The fourth-order valence-corrected chi connectivity index (χ4v) is 2.12. The molecule has 0 saturated carbocycles. The smallest absolute Gasteiger partial charge is 0.127 e. The summed E-state index contributed by atoms with van der Waals surface area (Å²) in [5, 5.41) is 10.7. The SMILES string of the molecule is COCCOc1cccc2c(OCCOCCO)cccc12. The third kappa shape index (κ3) is 4.59. The molecule has 120 valence electrons. The maximum atomic E-state index is 8.65. The van der Waals surface area contributed by atoms with E-state index in [1.54, 1.807) is 7.11 Å². The van der Waals surface area contributed by atoms with Crippen LogP contribution in [0.5, 0.6) is 11.5 Å². The summed E-state index contributed by atoms with van der Waals surface area (Å²) in [6.45, 7) is 2.30. The van der Waals surface area contributed by atoms with E-state index >= 15 is 0 Å². The van der Waals surface area contributed by atoms with Crippen molar-refractivity contribution in [2.45, 2.75) is 0 Å². The number of ether oxygens (including phenoxy) is 4. The molecule has 2 aromatic rings. The van der Waals surface area contributed by atoms with Crippen molar-refractivity contribution in [3.05, 3.63) is 36.4 Å². The van der Waals surface area contributed by atoms with Crippen molar-refractivity contribution in [1.82, 2.24) is 0 Å². The van der Waals surface area contributed by atoms with E-state index in [0.29, 0.717) is 33.0 Å². The molecule has 0 radical (unpaired) electrons. The van der Waals surface area contributed by atoms with E-state index < -0.39 is 0 Å². The van der Waals surface area contributed by atoms with Crippen LogP contribution in [0.15, 0.2) is 36.4 Å². The van der Waals surface area contributed by atoms with Crippen LogP contribution < -0.4 is 9.47 Å². The Kier molecular flexibility index (Phi) is 6.96. The predicted molar refractivity (Wildman–Crippen MR) is 84.7 cm³/mol. The van der Waals surface area contributed by atoms with Crippen molar-refractivity contribution in [3.8, 4) is 11.5 Å². The molecule has 22 heavy (non-hydrogen) atoms. The summed E-state index contributed by atoms with van der Waals surface area (Å²) in [6, 6.07) is 11.8. The summed E-state index contributed by atoms with van der Waals surface area (Å²) >= 11 is 0. The van der Waals surface area contributed by atoms with Gasteiger partial charge in [0.25, 0.3) is 0 Å². The lowest BCUT2D eigenvalue weighted by atomic mass is 10.1. The van der Waals surface area contributed by atoms with Gasteiger partial charge in [0.1, 0.15) is 24.7 Å². The summed E-state index contributed by atoms with van der Waals surface area (Å²) in [7, 11) is 1.65. The maximum Gasteiger partial charge on any atom is 0.127 e. The molecule has 1 N–H and O–H groups in total. The molecule has 0 aromatic heterocycles. The number of benzene rings is 2. The molecular formula is C17H22O5. The van der Waals surface area contributed by atoms with Gasteiger partial charge in [0.15, 0.2) is 0 Å². The van der Waals surface area contributed by atoms with Crippen LogP contribution in [-0.2, 0) is 9.47 Å². The van der Waals surface area contributed by atoms with Crippen LogP contribution in [0.3, 0.4) is 0 Å². The van der Waals surface area contributed by atoms with Crippen LogP contribution in [-0.4, -0.2) is 51.9 Å². The second kappa shape index (κ2) is 9.25. The highest BCUT2D eigenvalue weighted by Gasteiger charge is 2.06. The third-order valence-corrected chi connectivity index (χ3v) is 3.11. The predicted octanol–water partition coefficient (Wildman–Crippen LogP) is 2.25. The first-order valence-corrected chi connectivity index (χ1v) is 7.31. The van der Waals surface area contributed by atoms with E-state index in [1.807, 2.05) is 36.4 Å². The normalized spacial score (nSPS) is 10.8. The molecule has 5 nitrogen and oxygen atoms in total. The standard InChI is InChI=1S/C17H22O5/c1-19-10-12-21-16-6-2-5-15-14(16)4-3-7-17(15)22-13-11-20-9-8-18/h2-7,18H,8-13H2,1H3. The fraction of sp³-hybridized carbons (Fsp3) is 0.412. The van der Waals surface area contributed by atoms with E-state index in [4.69, 9.17) is 24.1 Å².